The van der Waals surface area contributed by atoms with Gasteiger partial charge in [0.25, 0.3) is 0 Å². The van der Waals surface area contributed by atoms with E-state index >= 15 is 0 Å². The summed E-state index contributed by atoms with van der Waals surface area (Å²) < 4.78 is 0. The van der Waals surface area contributed by atoms with Crippen LogP contribution in [0, 0.1) is 0 Å². The molecule has 2 rings (SSSR count). The van der Waals surface area contributed by atoms with Crippen molar-refractivity contribution >= 4 is 22.5 Å². The van der Waals surface area contributed by atoms with Crippen LogP contribution in [-0.2, 0) is 6.42 Å². The van der Waals surface area contributed by atoms with Crippen LogP contribution in [0.1, 0.15) is 18.4 Å². The molecule has 2 aromatic rings. The molecule has 0 bridgehead atoms. The third kappa shape index (κ3) is 2.33. The minimum Gasteiger partial charge on any atom is -0.361 e. The number of nitrogens with one attached hydrogen (secondary N) is 1. The van der Waals surface area contributed by atoms with Gasteiger partial charge in [0, 0.05) is 22.1 Å². The molecule has 0 atom stereocenters. The Morgan fingerprint density at radius 3 is 2.93 bits per heavy atom. The molecule has 15 heavy (non-hydrogen) atoms. The van der Waals surface area contributed by atoms with Gasteiger partial charge in [-0.05, 0) is 43.5 Å². The van der Waals surface area contributed by atoms with E-state index in [9.17, 15) is 0 Å². The van der Waals surface area contributed by atoms with Gasteiger partial charge in [-0.3, -0.25) is 0 Å². The summed E-state index contributed by atoms with van der Waals surface area (Å²) in [4.78, 5) is 3.24. The number of benzene rings is 1. The molecular formula is C12H15ClN2. The highest BCUT2D eigenvalue weighted by Gasteiger charge is 2.03. The van der Waals surface area contributed by atoms with Crippen molar-refractivity contribution in [2.24, 2.45) is 5.73 Å². The van der Waals surface area contributed by atoms with Crippen molar-refractivity contribution in [3.05, 3.63) is 35.0 Å². The van der Waals surface area contributed by atoms with Crippen LogP contribution in [0.4, 0.5) is 0 Å². The minimum absolute atomic E-state index is 0.772. The lowest BCUT2D eigenvalue weighted by Crippen LogP contribution is -1.98. The van der Waals surface area contributed by atoms with E-state index in [1.54, 1.807) is 0 Å². The molecule has 0 saturated heterocycles. The molecule has 1 aromatic carbocycles. The lowest BCUT2D eigenvalue weighted by Gasteiger charge is -1.98. The van der Waals surface area contributed by atoms with Gasteiger partial charge in [0.15, 0.2) is 0 Å². The topological polar surface area (TPSA) is 41.8 Å². The zero-order valence-electron chi connectivity index (χ0n) is 8.59. The zero-order chi connectivity index (χ0) is 10.7. The third-order valence-electron chi connectivity index (χ3n) is 2.63. The molecule has 0 spiro atoms. The molecule has 3 N–H and O–H groups in total. The summed E-state index contributed by atoms with van der Waals surface area (Å²) in [6.45, 7) is 0.772. The van der Waals surface area contributed by atoms with Gasteiger partial charge in [-0.15, -0.1) is 0 Å². The Bertz CT molecular complexity index is 448. The van der Waals surface area contributed by atoms with Gasteiger partial charge < -0.3 is 10.7 Å². The molecule has 3 heteroatoms. The van der Waals surface area contributed by atoms with Gasteiger partial charge in [0.05, 0.1) is 0 Å². The fraction of sp³-hybridized carbons (Fsp3) is 0.333. The van der Waals surface area contributed by atoms with Crippen LogP contribution in [0.5, 0.6) is 0 Å². The number of H-pyrrole nitrogens is 1. The monoisotopic (exact) mass is 222 g/mol. The average Bonchev–Trinajstić information content (AvgIpc) is 2.61. The van der Waals surface area contributed by atoms with E-state index < -0.39 is 0 Å². The van der Waals surface area contributed by atoms with Gasteiger partial charge in [0.1, 0.15) is 0 Å². The van der Waals surface area contributed by atoms with Crippen molar-refractivity contribution in [3.63, 3.8) is 0 Å². The number of rotatable bonds is 4. The number of unbranched alkanes of at least 4 members (excludes halogenated alkanes) is 1. The summed E-state index contributed by atoms with van der Waals surface area (Å²) in [6.07, 6.45) is 5.38. The summed E-state index contributed by atoms with van der Waals surface area (Å²) in [7, 11) is 0. The second-order valence-electron chi connectivity index (χ2n) is 3.75. The maximum absolute atomic E-state index is 5.92. The number of aryl methyl sites for hydroxylation is 1. The van der Waals surface area contributed by atoms with Gasteiger partial charge in [-0.25, -0.2) is 0 Å². The van der Waals surface area contributed by atoms with Crippen LogP contribution < -0.4 is 5.73 Å². The standard InChI is InChI=1S/C12H15ClN2/c13-10-4-5-11-9(3-1-2-6-14)8-15-12(11)7-10/h4-5,7-8,15H,1-3,6,14H2. The smallest absolute Gasteiger partial charge is 0.0471 e. The Labute approximate surface area is 94.4 Å². The van der Waals surface area contributed by atoms with Gasteiger partial charge in [-0.2, -0.15) is 0 Å². The van der Waals surface area contributed by atoms with Crippen molar-refractivity contribution in [2.75, 3.05) is 6.54 Å². The maximum atomic E-state index is 5.92. The van der Waals surface area contributed by atoms with Gasteiger partial charge >= 0.3 is 0 Å². The van der Waals surface area contributed by atoms with Crippen LogP contribution in [-0.4, -0.2) is 11.5 Å². The van der Waals surface area contributed by atoms with E-state index in [2.05, 4.69) is 17.2 Å². The predicted octanol–water partition coefficient (Wildman–Crippen LogP) is 3.10. The van der Waals surface area contributed by atoms with Crippen LogP contribution in [0.2, 0.25) is 5.02 Å². The first-order valence-electron chi connectivity index (χ1n) is 5.27. The quantitative estimate of drug-likeness (QED) is 0.767. The molecule has 0 aliphatic rings. The first kappa shape index (κ1) is 10.5. The molecule has 0 saturated carbocycles. The maximum Gasteiger partial charge on any atom is 0.0471 e. The Morgan fingerprint density at radius 1 is 1.27 bits per heavy atom. The van der Waals surface area contributed by atoms with E-state index in [1.807, 2.05) is 12.1 Å². The molecule has 2 nitrogen and oxygen atoms in total. The highest BCUT2D eigenvalue weighted by Crippen LogP contribution is 2.23. The van der Waals surface area contributed by atoms with E-state index in [4.69, 9.17) is 17.3 Å². The minimum atomic E-state index is 0.772. The Morgan fingerprint density at radius 2 is 2.13 bits per heavy atom. The summed E-state index contributed by atoms with van der Waals surface area (Å²) in [5, 5.41) is 2.05. The molecule has 0 aliphatic carbocycles. The average molecular weight is 223 g/mol. The number of aromatic nitrogens is 1. The zero-order valence-corrected chi connectivity index (χ0v) is 9.35. The number of fused-ring (bicyclic) bond motifs is 1. The van der Waals surface area contributed by atoms with Crippen LogP contribution in [0.15, 0.2) is 24.4 Å². The lowest BCUT2D eigenvalue weighted by atomic mass is 10.1. The second kappa shape index (κ2) is 4.69. The van der Waals surface area contributed by atoms with E-state index in [0.717, 1.165) is 36.3 Å². The number of hydrogen-bond acceptors (Lipinski definition) is 1. The largest absolute Gasteiger partial charge is 0.361 e. The van der Waals surface area contributed by atoms with Crippen molar-refractivity contribution in [1.29, 1.82) is 0 Å². The number of halogens is 1. The first-order chi connectivity index (χ1) is 7.31. The van der Waals surface area contributed by atoms with Crippen molar-refractivity contribution in [1.82, 2.24) is 4.98 Å². The third-order valence-corrected chi connectivity index (χ3v) is 2.86. The molecule has 0 aliphatic heterocycles. The van der Waals surface area contributed by atoms with E-state index in [1.165, 1.54) is 10.9 Å². The fourth-order valence-corrected chi connectivity index (χ4v) is 2.00. The highest BCUT2D eigenvalue weighted by atomic mass is 35.5. The molecule has 1 heterocycles. The second-order valence-corrected chi connectivity index (χ2v) is 4.19. The van der Waals surface area contributed by atoms with Crippen LogP contribution in [0.25, 0.3) is 10.9 Å². The van der Waals surface area contributed by atoms with E-state index in [0.29, 0.717) is 0 Å². The van der Waals surface area contributed by atoms with Gasteiger partial charge in [-0.1, -0.05) is 17.7 Å². The van der Waals surface area contributed by atoms with Crippen molar-refractivity contribution in [3.8, 4) is 0 Å². The van der Waals surface area contributed by atoms with Crippen molar-refractivity contribution in [2.45, 2.75) is 19.3 Å². The molecular weight excluding hydrogens is 208 g/mol. The molecule has 80 valence electrons. The lowest BCUT2D eigenvalue weighted by molar-refractivity contribution is 0.747. The van der Waals surface area contributed by atoms with Crippen molar-refractivity contribution < 1.29 is 0 Å². The molecule has 0 radical (unpaired) electrons. The summed E-state index contributed by atoms with van der Waals surface area (Å²) in [5.74, 6) is 0. The predicted molar refractivity (Wildman–Crippen MR) is 65.3 cm³/mol. The number of aromatic amines is 1. The number of nitrogens with two attached hydrogens (primary N) is 1. The molecule has 1 aromatic heterocycles. The molecule has 0 amide bonds. The Hall–Kier alpha value is -0.990. The van der Waals surface area contributed by atoms with E-state index in [-0.39, 0.29) is 0 Å². The Kier molecular flexibility index (Phi) is 3.29. The highest BCUT2D eigenvalue weighted by molar-refractivity contribution is 6.31. The first-order valence-corrected chi connectivity index (χ1v) is 5.64. The van der Waals surface area contributed by atoms with Crippen LogP contribution >= 0.6 is 11.6 Å². The SMILES string of the molecule is NCCCCc1c[nH]c2cc(Cl)ccc12. The summed E-state index contributed by atoms with van der Waals surface area (Å²) in [5.41, 5.74) is 7.95. The summed E-state index contributed by atoms with van der Waals surface area (Å²) in [6, 6.07) is 5.97. The van der Waals surface area contributed by atoms with Gasteiger partial charge in [0.2, 0.25) is 0 Å². The Balaban J connectivity index is 2.21. The van der Waals surface area contributed by atoms with Crippen LogP contribution in [0.3, 0.4) is 0 Å². The molecule has 0 fully saturated rings. The summed E-state index contributed by atoms with van der Waals surface area (Å²) >= 11 is 5.92. The number of hydrogen-bond donors (Lipinski definition) is 2. The normalized spacial score (nSPS) is 11.1. The molecule has 0 unspecified atom stereocenters. The fourth-order valence-electron chi connectivity index (χ4n) is 1.83.